The average molecular weight is 530 g/mol. The van der Waals surface area contributed by atoms with Crippen LogP contribution in [0.3, 0.4) is 0 Å². The second kappa shape index (κ2) is 10.3. The highest BCUT2D eigenvalue weighted by Crippen LogP contribution is 2.43. The van der Waals surface area contributed by atoms with E-state index in [0.29, 0.717) is 22.4 Å². The predicted molar refractivity (Wildman–Crippen MR) is 151 cm³/mol. The van der Waals surface area contributed by atoms with Crippen molar-refractivity contribution in [1.82, 2.24) is 4.90 Å². The van der Waals surface area contributed by atoms with Crippen molar-refractivity contribution in [1.29, 1.82) is 0 Å². The first-order valence-electron chi connectivity index (χ1n) is 13.0. The molecule has 1 unspecified atom stereocenters. The number of halogens is 1. The number of methoxy groups -OCH3 is 1. The lowest BCUT2D eigenvalue weighted by molar-refractivity contribution is -0.140. The Labute approximate surface area is 229 Å². The third-order valence-corrected chi connectivity index (χ3v) is 7.22. The van der Waals surface area contributed by atoms with Crippen LogP contribution in [0.1, 0.15) is 75.4 Å². The Kier molecular flexibility index (Phi) is 7.44. The zero-order chi connectivity index (χ0) is 28.7. The Balaban J connectivity index is 1.92. The van der Waals surface area contributed by atoms with Crippen LogP contribution in [-0.4, -0.2) is 28.8 Å². The highest BCUT2D eigenvalue weighted by atomic mass is 19.1. The normalized spacial score (nSPS) is 17.5. The molecule has 0 spiro atoms. The third-order valence-electron chi connectivity index (χ3n) is 7.22. The van der Waals surface area contributed by atoms with Crippen molar-refractivity contribution in [3.8, 4) is 5.75 Å². The van der Waals surface area contributed by atoms with E-state index in [-0.39, 0.29) is 34.5 Å². The van der Waals surface area contributed by atoms with E-state index in [2.05, 4.69) is 41.5 Å². The van der Waals surface area contributed by atoms with Gasteiger partial charge in [0.1, 0.15) is 17.3 Å². The number of ketones is 1. The summed E-state index contributed by atoms with van der Waals surface area (Å²) in [6, 6.07) is 18.2. The number of rotatable bonds is 5. The van der Waals surface area contributed by atoms with Crippen molar-refractivity contribution in [2.75, 3.05) is 7.11 Å². The van der Waals surface area contributed by atoms with Crippen molar-refractivity contribution in [3.05, 3.63) is 106 Å². The van der Waals surface area contributed by atoms with E-state index in [4.69, 9.17) is 4.74 Å². The Bertz CT molecular complexity index is 1420. The van der Waals surface area contributed by atoms with E-state index < -0.39 is 17.7 Å². The van der Waals surface area contributed by atoms with Crippen LogP contribution in [0.25, 0.3) is 5.76 Å². The van der Waals surface area contributed by atoms with Gasteiger partial charge in [-0.1, -0.05) is 84.0 Å². The molecule has 5 nitrogen and oxygen atoms in total. The molecular formula is C33H36FNO4. The largest absolute Gasteiger partial charge is 0.507 e. The molecular weight excluding hydrogens is 493 g/mol. The number of carbonyl (C=O) groups is 2. The number of hydrogen-bond donors (Lipinski definition) is 1. The molecule has 0 aromatic heterocycles. The fourth-order valence-corrected chi connectivity index (χ4v) is 4.85. The summed E-state index contributed by atoms with van der Waals surface area (Å²) >= 11 is 0. The van der Waals surface area contributed by atoms with Crippen molar-refractivity contribution < 1.29 is 23.8 Å². The summed E-state index contributed by atoms with van der Waals surface area (Å²) < 4.78 is 19.1. The molecule has 1 amide bonds. The second-order valence-electron chi connectivity index (χ2n) is 12.1. The number of hydrogen-bond acceptors (Lipinski definition) is 4. The number of amides is 1. The Morgan fingerprint density at radius 3 is 1.97 bits per heavy atom. The van der Waals surface area contributed by atoms with Gasteiger partial charge in [0.05, 0.1) is 24.3 Å². The second-order valence-corrected chi connectivity index (χ2v) is 12.1. The van der Waals surface area contributed by atoms with Gasteiger partial charge in [-0.15, -0.1) is 0 Å². The number of aliphatic hydroxyl groups is 1. The van der Waals surface area contributed by atoms with Gasteiger partial charge in [0, 0.05) is 6.54 Å². The van der Waals surface area contributed by atoms with Crippen LogP contribution in [-0.2, 0) is 27.0 Å². The number of carbonyl (C=O) groups excluding carboxylic acids is 2. The summed E-state index contributed by atoms with van der Waals surface area (Å²) in [5.74, 6) is -1.78. The van der Waals surface area contributed by atoms with E-state index in [9.17, 15) is 19.1 Å². The summed E-state index contributed by atoms with van der Waals surface area (Å²) in [6.45, 7) is 12.6. The van der Waals surface area contributed by atoms with Gasteiger partial charge in [0.2, 0.25) is 0 Å². The molecule has 1 fully saturated rings. The minimum atomic E-state index is -0.841. The Morgan fingerprint density at radius 1 is 0.872 bits per heavy atom. The van der Waals surface area contributed by atoms with Gasteiger partial charge in [0.15, 0.2) is 0 Å². The van der Waals surface area contributed by atoms with Gasteiger partial charge in [-0.05, 0) is 57.3 Å². The first kappa shape index (κ1) is 28.1. The zero-order valence-corrected chi connectivity index (χ0v) is 23.6. The van der Waals surface area contributed by atoms with Crippen molar-refractivity contribution in [2.24, 2.45) is 0 Å². The summed E-state index contributed by atoms with van der Waals surface area (Å²) in [5.41, 5.74) is 3.43. The zero-order valence-electron chi connectivity index (χ0n) is 23.6. The number of likely N-dealkylation sites (tertiary alicyclic amines) is 1. The molecule has 3 aromatic carbocycles. The van der Waals surface area contributed by atoms with Gasteiger partial charge in [-0.2, -0.15) is 0 Å². The molecule has 1 aliphatic heterocycles. The predicted octanol–water partition coefficient (Wildman–Crippen LogP) is 7.05. The summed E-state index contributed by atoms with van der Waals surface area (Å²) in [5, 5.41) is 11.7. The number of Topliss-reactive ketones (excluding diaryl/α,β-unsaturated/α-hetero) is 1. The summed E-state index contributed by atoms with van der Waals surface area (Å²) in [6.07, 6.45) is 0. The SMILES string of the molecule is COc1ccc(C(C)(C)C)cc1/C(O)=C1\C(=O)C(=O)N(Cc2ccc(F)cc2)C1c1ccc(C(C)(C)C)cc1. The molecule has 0 saturated carbocycles. The number of aliphatic hydroxyl groups excluding tert-OH is 1. The van der Waals surface area contributed by atoms with Crippen LogP contribution >= 0.6 is 0 Å². The van der Waals surface area contributed by atoms with E-state index in [0.717, 1.165) is 11.1 Å². The molecule has 1 heterocycles. The van der Waals surface area contributed by atoms with E-state index >= 15 is 0 Å². The lowest BCUT2D eigenvalue weighted by atomic mass is 9.84. The standard InChI is InChI=1S/C33H36FNO4/c1-32(2,3)22-12-10-21(11-13-22)28-27(29(36)25-18-23(33(4,5)6)14-17-26(25)39-7)30(37)31(38)35(28)19-20-8-15-24(34)16-9-20/h8-18,28,36H,19H2,1-7H3/b29-27+. The smallest absolute Gasteiger partial charge is 0.295 e. The molecule has 4 rings (SSSR count). The van der Waals surface area contributed by atoms with Crippen molar-refractivity contribution in [2.45, 2.75) is 65.0 Å². The quantitative estimate of drug-likeness (QED) is 0.218. The van der Waals surface area contributed by atoms with Crippen molar-refractivity contribution in [3.63, 3.8) is 0 Å². The summed E-state index contributed by atoms with van der Waals surface area (Å²) in [7, 11) is 1.50. The molecule has 1 aliphatic rings. The van der Waals surface area contributed by atoms with Gasteiger partial charge in [0.25, 0.3) is 11.7 Å². The minimum absolute atomic E-state index is 0.00465. The maximum atomic E-state index is 13.6. The summed E-state index contributed by atoms with van der Waals surface area (Å²) in [4.78, 5) is 28.4. The molecule has 1 atom stereocenters. The molecule has 39 heavy (non-hydrogen) atoms. The minimum Gasteiger partial charge on any atom is -0.507 e. The topological polar surface area (TPSA) is 66.8 Å². The Morgan fingerprint density at radius 2 is 1.44 bits per heavy atom. The fraction of sp³-hybridized carbons (Fsp3) is 0.333. The number of benzene rings is 3. The maximum Gasteiger partial charge on any atom is 0.295 e. The molecule has 3 aromatic rings. The first-order valence-corrected chi connectivity index (χ1v) is 13.0. The Hall–Kier alpha value is -3.93. The van der Waals surface area contributed by atoms with Gasteiger partial charge < -0.3 is 14.7 Å². The van der Waals surface area contributed by atoms with Gasteiger partial charge in [-0.25, -0.2) is 4.39 Å². The third kappa shape index (κ3) is 5.60. The molecule has 1 N–H and O–H groups in total. The van der Waals surface area contributed by atoms with E-state index in [1.807, 2.05) is 30.3 Å². The van der Waals surface area contributed by atoms with E-state index in [1.54, 1.807) is 24.3 Å². The molecule has 0 aliphatic carbocycles. The lowest BCUT2D eigenvalue weighted by Crippen LogP contribution is -2.29. The van der Waals surface area contributed by atoms with E-state index in [1.165, 1.54) is 24.1 Å². The lowest BCUT2D eigenvalue weighted by Gasteiger charge is -2.27. The fourth-order valence-electron chi connectivity index (χ4n) is 4.85. The van der Waals surface area contributed by atoms with Crippen molar-refractivity contribution >= 4 is 17.4 Å². The first-order chi connectivity index (χ1) is 18.2. The van der Waals surface area contributed by atoms with Gasteiger partial charge >= 0.3 is 0 Å². The monoisotopic (exact) mass is 529 g/mol. The van der Waals surface area contributed by atoms with Crippen LogP contribution in [0.5, 0.6) is 5.75 Å². The molecule has 0 radical (unpaired) electrons. The molecule has 0 bridgehead atoms. The number of nitrogens with zero attached hydrogens (tertiary/aromatic N) is 1. The van der Waals surface area contributed by atoms with Gasteiger partial charge in [-0.3, -0.25) is 9.59 Å². The number of ether oxygens (including phenoxy) is 1. The van der Waals surface area contributed by atoms with Crippen LogP contribution in [0, 0.1) is 5.82 Å². The maximum absolute atomic E-state index is 13.6. The highest BCUT2D eigenvalue weighted by Gasteiger charge is 2.46. The molecule has 204 valence electrons. The van der Waals surface area contributed by atoms with Crippen LogP contribution < -0.4 is 4.74 Å². The average Bonchev–Trinajstić information content (AvgIpc) is 3.13. The van der Waals surface area contributed by atoms with Crippen LogP contribution in [0.4, 0.5) is 4.39 Å². The molecule has 1 saturated heterocycles. The van der Waals surface area contributed by atoms with Crippen LogP contribution in [0.2, 0.25) is 0 Å². The highest BCUT2D eigenvalue weighted by molar-refractivity contribution is 6.46. The van der Waals surface area contributed by atoms with Crippen LogP contribution in [0.15, 0.2) is 72.3 Å². The molecule has 6 heteroatoms.